The first-order valence-electron chi connectivity index (χ1n) is 12.7. The summed E-state index contributed by atoms with van der Waals surface area (Å²) in [6.07, 6.45) is 5.09. The lowest BCUT2D eigenvalue weighted by molar-refractivity contribution is -0.141. The Bertz CT molecular complexity index is 1170. The summed E-state index contributed by atoms with van der Waals surface area (Å²) in [5.74, 6) is 0.533. The lowest BCUT2D eigenvalue weighted by atomic mass is 10.0. The third-order valence-corrected chi connectivity index (χ3v) is 8.37. The zero-order valence-corrected chi connectivity index (χ0v) is 23.9. The summed E-state index contributed by atoms with van der Waals surface area (Å²) >= 11 is 11.2. The van der Waals surface area contributed by atoms with Crippen molar-refractivity contribution in [2.75, 3.05) is 5.75 Å². The number of nitrogens with zero attached hydrogens (tertiary/aromatic N) is 1. The SMILES string of the molecule is O=C(NC1CCCC1)C(Cc1ccccc1)N(Cc1cccc(Br)c1)C(=O)CCSc1ccc(Cl)cc1. The Hall–Kier alpha value is -2.28. The molecule has 0 radical (unpaired) electrons. The van der Waals surface area contributed by atoms with Crippen LogP contribution in [0.25, 0.3) is 0 Å². The van der Waals surface area contributed by atoms with Crippen LogP contribution >= 0.6 is 39.3 Å². The van der Waals surface area contributed by atoms with Crippen molar-refractivity contribution in [1.82, 2.24) is 10.2 Å². The minimum Gasteiger partial charge on any atom is -0.352 e. The highest BCUT2D eigenvalue weighted by Crippen LogP contribution is 2.24. The Morgan fingerprint density at radius 3 is 2.38 bits per heavy atom. The molecule has 1 saturated carbocycles. The molecule has 194 valence electrons. The largest absolute Gasteiger partial charge is 0.352 e. The smallest absolute Gasteiger partial charge is 0.243 e. The molecule has 1 unspecified atom stereocenters. The first kappa shape index (κ1) is 27.7. The maximum absolute atomic E-state index is 13.7. The van der Waals surface area contributed by atoms with Crippen molar-refractivity contribution in [3.8, 4) is 0 Å². The van der Waals surface area contributed by atoms with Crippen molar-refractivity contribution >= 4 is 51.1 Å². The summed E-state index contributed by atoms with van der Waals surface area (Å²) in [5.41, 5.74) is 2.02. The van der Waals surface area contributed by atoms with E-state index in [0.29, 0.717) is 30.2 Å². The molecule has 0 saturated heterocycles. The van der Waals surface area contributed by atoms with Crippen LogP contribution in [0.15, 0.2) is 88.2 Å². The van der Waals surface area contributed by atoms with Crippen molar-refractivity contribution < 1.29 is 9.59 Å². The molecule has 1 aliphatic carbocycles. The molecule has 4 nitrogen and oxygen atoms in total. The lowest BCUT2D eigenvalue weighted by Crippen LogP contribution is -2.52. The fraction of sp³-hybridized carbons (Fsp3) is 0.333. The van der Waals surface area contributed by atoms with Gasteiger partial charge >= 0.3 is 0 Å². The summed E-state index contributed by atoms with van der Waals surface area (Å²) in [4.78, 5) is 30.3. The molecule has 1 fully saturated rings. The number of hydrogen-bond acceptors (Lipinski definition) is 3. The van der Waals surface area contributed by atoms with E-state index in [9.17, 15) is 9.59 Å². The highest BCUT2D eigenvalue weighted by molar-refractivity contribution is 9.10. The number of benzene rings is 3. The summed E-state index contributed by atoms with van der Waals surface area (Å²) in [5, 5.41) is 3.95. The summed E-state index contributed by atoms with van der Waals surface area (Å²) in [6, 6.07) is 25.1. The third kappa shape index (κ3) is 8.62. The predicted molar refractivity (Wildman–Crippen MR) is 156 cm³/mol. The van der Waals surface area contributed by atoms with Crippen LogP contribution in [-0.2, 0) is 22.6 Å². The first-order valence-corrected chi connectivity index (χ1v) is 14.9. The molecule has 3 aromatic rings. The molecule has 0 heterocycles. The molecule has 7 heteroatoms. The maximum atomic E-state index is 13.7. The van der Waals surface area contributed by atoms with Gasteiger partial charge in [-0.05, 0) is 60.4 Å². The second kappa shape index (κ2) is 14.0. The average molecular weight is 600 g/mol. The second-order valence-electron chi connectivity index (χ2n) is 9.40. The van der Waals surface area contributed by atoms with Gasteiger partial charge in [-0.25, -0.2) is 0 Å². The van der Waals surface area contributed by atoms with Crippen LogP contribution in [0.4, 0.5) is 0 Å². The van der Waals surface area contributed by atoms with E-state index in [2.05, 4.69) is 21.2 Å². The van der Waals surface area contributed by atoms with Crippen LogP contribution in [0.5, 0.6) is 0 Å². The van der Waals surface area contributed by atoms with Gasteiger partial charge in [-0.3, -0.25) is 9.59 Å². The zero-order chi connectivity index (χ0) is 26.0. The third-order valence-electron chi connectivity index (χ3n) is 6.61. The van der Waals surface area contributed by atoms with Gasteiger partial charge in [-0.1, -0.05) is 82.8 Å². The molecule has 1 atom stereocenters. The van der Waals surface area contributed by atoms with Gasteiger partial charge in [0.05, 0.1) is 0 Å². The number of halogens is 2. The van der Waals surface area contributed by atoms with E-state index in [-0.39, 0.29) is 17.9 Å². The van der Waals surface area contributed by atoms with Crippen LogP contribution < -0.4 is 5.32 Å². The molecule has 0 aliphatic heterocycles. The number of carbonyl (C=O) groups excluding carboxylic acids is 2. The van der Waals surface area contributed by atoms with Gasteiger partial charge in [-0.15, -0.1) is 11.8 Å². The normalized spacial score (nSPS) is 14.3. The number of amides is 2. The van der Waals surface area contributed by atoms with E-state index < -0.39 is 6.04 Å². The van der Waals surface area contributed by atoms with Gasteiger partial charge in [0.2, 0.25) is 11.8 Å². The van der Waals surface area contributed by atoms with Crippen molar-refractivity contribution in [3.05, 3.63) is 99.5 Å². The Kier molecular flexibility index (Phi) is 10.5. The molecule has 3 aromatic carbocycles. The summed E-state index contributed by atoms with van der Waals surface area (Å²) < 4.78 is 0.950. The van der Waals surface area contributed by atoms with E-state index in [1.54, 1.807) is 16.7 Å². The van der Waals surface area contributed by atoms with Gasteiger partial charge in [0.25, 0.3) is 0 Å². The van der Waals surface area contributed by atoms with Crippen LogP contribution in [0.3, 0.4) is 0 Å². The topological polar surface area (TPSA) is 49.4 Å². The standard InChI is InChI=1S/C30H32BrClN2O2S/c31-24-10-6-9-23(19-24)21-34(29(35)17-18-37-27-15-13-25(32)14-16-27)28(20-22-7-2-1-3-8-22)30(36)33-26-11-4-5-12-26/h1-3,6-10,13-16,19,26,28H,4-5,11-12,17-18,20-21H2,(H,33,36). The number of rotatable bonds is 11. The molecule has 0 bridgehead atoms. The van der Waals surface area contributed by atoms with E-state index in [0.717, 1.165) is 46.2 Å². The van der Waals surface area contributed by atoms with Crippen LogP contribution in [0.2, 0.25) is 5.02 Å². The van der Waals surface area contributed by atoms with E-state index in [1.807, 2.05) is 78.9 Å². The lowest BCUT2D eigenvalue weighted by Gasteiger charge is -2.32. The van der Waals surface area contributed by atoms with Crippen LogP contribution in [-0.4, -0.2) is 34.6 Å². The molecule has 4 rings (SSSR count). The van der Waals surface area contributed by atoms with Gasteiger partial charge in [-0.2, -0.15) is 0 Å². The van der Waals surface area contributed by atoms with Gasteiger partial charge in [0.1, 0.15) is 6.04 Å². The Morgan fingerprint density at radius 1 is 0.973 bits per heavy atom. The minimum absolute atomic E-state index is 0.0241. The number of thioether (sulfide) groups is 1. The van der Waals surface area contributed by atoms with Gasteiger partial charge < -0.3 is 10.2 Å². The quantitative estimate of drug-likeness (QED) is 0.236. The predicted octanol–water partition coefficient (Wildman–Crippen LogP) is 7.28. The Balaban J connectivity index is 1.56. The van der Waals surface area contributed by atoms with E-state index in [1.165, 1.54) is 0 Å². The average Bonchev–Trinajstić information content (AvgIpc) is 3.41. The Morgan fingerprint density at radius 2 is 1.68 bits per heavy atom. The molecular weight excluding hydrogens is 568 g/mol. The minimum atomic E-state index is -0.588. The second-order valence-corrected chi connectivity index (χ2v) is 11.9. The first-order chi connectivity index (χ1) is 18.0. The molecule has 37 heavy (non-hydrogen) atoms. The van der Waals surface area contributed by atoms with Crippen molar-refractivity contribution in [3.63, 3.8) is 0 Å². The highest BCUT2D eigenvalue weighted by Gasteiger charge is 2.32. The van der Waals surface area contributed by atoms with Crippen molar-refractivity contribution in [2.24, 2.45) is 0 Å². The van der Waals surface area contributed by atoms with Crippen molar-refractivity contribution in [1.29, 1.82) is 0 Å². The number of hydrogen-bond donors (Lipinski definition) is 1. The molecule has 1 aliphatic rings. The van der Waals surface area contributed by atoms with Crippen LogP contribution in [0.1, 0.15) is 43.2 Å². The fourth-order valence-corrected chi connectivity index (χ4v) is 6.10. The number of carbonyl (C=O) groups is 2. The maximum Gasteiger partial charge on any atom is 0.243 e. The Labute approximate surface area is 237 Å². The van der Waals surface area contributed by atoms with E-state index >= 15 is 0 Å². The molecule has 1 N–H and O–H groups in total. The molecule has 2 amide bonds. The highest BCUT2D eigenvalue weighted by atomic mass is 79.9. The summed E-state index contributed by atoms with van der Waals surface area (Å²) in [7, 11) is 0. The van der Waals surface area contributed by atoms with Gasteiger partial charge in [0.15, 0.2) is 0 Å². The molecule has 0 spiro atoms. The molecule has 0 aromatic heterocycles. The van der Waals surface area contributed by atoms with E-state index in [4.69, 9.17) is 11.6 Å². The summed E-state index contributed by atoms with van der Waals surface area (Å²) in [6.45, 7) is 0.374. The van der Waals surface area contributed by atoms with Gasteiger partial charge in [0, 0.05) is 45.6 Å². The van der Waals surface area contributed by atoms with Crippen molar-refractivity contribution in [2.45, 2.75) is 62.0 Å². The number of nitrogens with one attached hydrogen (secondary N) is 1. The molecular formula is C30H32BrClN2O2S. The fourth-order valence-electron chi connectivity index (χ4n) is 4.68. The zero-order valence-electron chi connectivity index (χ0n) is 20.7. The van der Waals surface area contributed by atoms with Crippen LogP contribution in [0, 0.1) is 0 Å². The monoisotopic (exact) mass is 598 g/mol.